The Labute approximate surface area is 181 Å². The maximum Gasteiger partial charge on any atom is 0.303 e. The number of rotatable bonds is 10. The fourth-order valence-electron chi connectivity index (χ4n) is 3.41. The minimum atomic E-state index is -0.790. The number of hydrogen-bond acceptors (Lipinski definition) is 4. The first-order valence-electron chi connectivity index (χ1n) is 10.0. The molecule has 0 aliphatic carbocycles. The highest BCUT2D eigenvalue weighted by Gasteiger charge is 2.12. The molecule has 1 heterocycles. The van der Waals surface area contributed by atoms with Crippen LogP contribution in [0.5, 0.6) is 5.75 Å². The number of ether oxygens (including phenoxy) is 2. The van der Waals surface area contributed by atoms with E-state index in [9.17, 15) is 4.79 Å². The largest absolute Gasteiger partial charge is 0.488 e. The summed E-state index contributed by atoms with van der Waals surface area (Å²) in [6.07, 6.45) is 1.29. The predicted molar refractivity (Wildman–Crippen MR) is 117 cm³/mol. The van der Waals surface area contributed by atoms with E-state index in [2.05, 4.69) is 0 Å². The smallest absolute Gasteiger partial charge is 0.303 e. The highest BCUT2D eigenvalue weighted by Crippen LogP contribution is 2.28. The normalized spacial score (nSPS) is 12.3. The average Bonchev–Trinajstić information content (AvgIpc) is 3.11. The van der Waals surface area contributed by atoms with Crippen LogP contribution in [0, 0.1) is 13.8 Å². The zero-order chi connectivity index (χ0) is 21.7. The van der Waals surface area contributed by atoms with Gasteiger partial charge >= 0.3 is 5.97 Å². The number of furan rings is 1. The Hall–Kier alpha value is -2.50. The molecule has 0 saturated carbocycles. The van der Waals surface area contributed by atoms with Gasteiger partial charge in [0.15, 0.2) is 0 Å². The first kappa shape index (κ1) is 22.2. The number of fused-ring (bicyclic) bond motifs is 1. The number of para-hydroxylation sites is 1. The van der Waals surface area contributed by atoms with Crippen molar-refractivity contribution >= 4 is 28.5 Å². The van der Waals surface area contributed by atoms with Crippen LogP contribution in [0.1, 0.15) is 41.4 Å². The number of halogens is 1. The monoisotopic (exact) mass is 430 g/mol. The maximum absolute atomic E-state index is 10.8. The molecule has 0 aliphatic rings. The van der Waals surface area contributed by atoms with Gasteiger partial charge in [0, 0.05) is 23.8 Å². The molecule has 3 rings (SSSR count). The van der Waals surface area contributed by atoms with E-state index in [0.29, 0.717) is 26.1 Å². The predicted octanol–water partition coefficient (Wildman–Crippen LogP) is 5.79. The van der Waals surface area contributed by atoms with E-state index in [1.54, 1.807) is 6.92 Å². The van der Waals surface area contributed by atoms with Crippen molar-refractivity contribution in [3.63, 3.8) is 0 Å². The summed E-state index contributed by atoms with van der Waals surface area (Å²) < 4.78 is 17.5. The third-order valence-corrected chi connectivity index (χ3v) is 5.34. The highest BCUT2D eigenvalue weighted by atomic mass is 35.5. The maximum atomic E-state index is 10.8. The minimum Gasteiger partial charge on any atom is -0.488 e. The number of carbonyl (C=O) groups is 1. The summed E-state index contributed by atoms with van der Waals surface area (Å²) in [6, 6.07) is 11.9. The molecule has 0 radical (unpaired) electrons. The lowest BCUT2D eigenvalue weighted by Gasteiger charge is -2.14. The Balaban J connectivity index is 1.71. The molecule has 0 amide bonds. The van der Waals surface area contributed by atoms with Gasteiger partial charge in [-0.15, -0.1) is 0 Å². The molecule has 1 N–H and O–H groups in total. The van der Waals surface area contributed by atoms with Crippen LogP contribution in [0.25, 0.3) is 11.0 Å². The molecular formula is C24H27ClO5. The van der Waals surface area contributed by atoms with E-state index in [1.807, 2.05) is 50.2 Å². The lowest BCUT2D eigenvalue weighted by atomic mass is 9.99. The highest BCUT2D eigenvalue weighted by molar-refractivity contribution is 6.19. The molecule has 160 valence electrons. The lowest BCUT2D eigenvalue weighted by molar-refractivity contribution is -0.136. The molecule has 1 unspecified atom stereocenters. The number of hydrogen-bond donors (Lipinski definition) is 1. The van der Waals surface area contributed by atoms with Crippen molar-refractivity contribution in [3.05, 3.63) is 64.4 Å². The van der Waals surface area contributed by atoms with Crippen LogP contribution < -0.4 is 4.74 Å². The van der Waals surface area contributed by atoms with Crippen LogP contribution in [0.4, 0.5) is 0 Å². The molecule has 0 spiro atoms. The van der Waals surface area contributed by atoms with Gasteiger partial charge in [0.2, 0.25) is 0 Å². The molecule has 1 aromatic heterocycles. The molecule has 6 heteroatoms. The average molecular weight is 431 g/mol. The molecule has 0 bridgehead atoms. The van der Waals surface area contributed by atoms with Gasteiger partial charge in [0.05, 0.1) is 6.61 Å². The molecule has 0 aliphatic heterocycles. The van der Waals surface area contributed by atoms with Crippen molar-refractivity contribution in [1.82, 2.24) is 0 Å². The van der Waals surface area contributed by atoms with Gasteiger partial charge in [0.1, 0.15) is 29.3 Å². The fraction of sp³-hybridized carbons (Fsp3) is 0.375. The summed E-state index contributed by atoms with van der Waals surface area (Å²) in [7, 11) is 0. The summed E-state index contributed by atoms with van der Waals surface area (Å²) >= 11 is 5.82. The van der Waals surface area contributed by atoms with Crippen molar-refractivity contribution in [1.29, 1.82) is 0 Å². The second kappa shape index (κ2) is 10.0. The number of aliphatic carboxylic acids is 1. The van der Waals surface area contributed by atoms with Gasteiger partial charge in [-0.3, -0.25) is 4.79 Å². The molecule has 3 aromatic rings. The summed E-state index contributed by atoms with van der Waals surface area (Å²) in [5.74, 6) is 0.853. The van der Waals surface area contributed by atoms with E-state index in [4.69, 9.17) is 30.6 Å². The second-order valence-electron chi connectivity index (χ2n) is 7.37. The Morgan fingerprint density at radius 3 is 2.67 bits per heavy atom. The third-order valence-electron chi connectivity index (χ3n) is 5.21. The van der Waals surface area contributed by atoms with Gasteiger partial charge in [-0.1, -0.05) is 35.9 Å². The van der Waals surface area contributed by atoms with E-state index < -0.39 is 5.97 Å². The van der Waals surface area contributed by atoms with Crippen LogP contribution >= 0.6 is 11.6 Å². The van der Waals surface area contributed by atoms with Gasteiger partial charge in [-0.2, -0.15) is 0 Å². The zero-order valence-electron chi connectivity index (χ0n) is 17.5. The minimum absolute atomic E-state index is 0.123. The number of aryl methyl sites for hydroxylation is 1. The van der Waals surface area contributed by atoms with E-state index in [-0.39, 0.29) is 12.0 Å². The van der Waals surface area contributed by atoms with E-state index in [0.717, 1.165) is 44.7 Å². The third kappa shape index (κ3) is 5.55. The summed E-state index contributed by atoms with van der Waals surface area (Å²) in [6.45, 7) is 6.68. The number of carboxylic acid groups (broad SMARTS) is 1. The standard InChI is InChI=1S/C24H27ClO5/c1-15-16(2)22(9-7-18(15)8-10-23(26)27)29-14-20-6-4-5-19-13-21(30-24(19)20)11-12-28-17(3)25/h4-7,9,13,17H,8,10-12,14H2,1-3H3,(H,26,27). The molecule has 30 heavy (non-hydrogen) atoms. The van der Waals surface area contributed by atoms with E-state index in [1.165, 1.54) is 0 Å². The van der Waals surface area contributed by atoms with Crippen molar-refractivity contribution in [2.45, 2.75) is 52.2 Å². The summed E-state index contributed by atoms with van der Waals surface area (Å²) in [4.78, 5) is 10.8. The van der Waals surface area contributed by atoms with Crippen LogP contribution in [0.3, 0.4) is 0 Å². The van der Waals surface area contributed by atoms with Crippen LogP contribution in [0.2, 0.25) is 0 Å². The van der Waals surface area contributed by atoms with E-state index >= 15 is 0 Å². The quantitative estimate of drug-likeness (QED) is 0.412. The zero-order valence-corrected chi connectivity index (χ0v) is 18.3. The second-order valence-corrected chi connectivity index (χ2v) is 7.98. The van der Waals surface area contributed by atoms with Crippen LogP contribution in [-0.4, -0.2) is 23.2 Å². The number of carboxylic acids is 1. The fourth-order valence-corrected chi connectivity index (χ4v) is 3.50. The van der Waals surface area contributed by atoms with Crippen LogP contribution in [0.15, 0.2) is 40.8 Å². The number of alkyl halides is 1. The first-order chi connectivity index (χ1) is 14.3. The number of benzene rings is 2. The van der Waals surface area contributed by atoms with Crippen molar-refractivity contribution < 1.29 is 23.8 Å². The summed E-state index contributed by atoms with van der Waals surface area (Å²) in [5.41, 5.74) is 4.60. The van der Waals surface area contributed by atoms with Gasteiger partial charge in [-0.25, -0.2) is 0 Å². The van der Waals surface area contributed by atoms with Gasteiger partial charge in [-0.05, 0) is 56.0 Å². The molecule has 1 atom stereocenters. The SMILES string of the molecule is Cc1c(CCC(=O)O)ccc(OCc2cccc3cc(CCOC(C)Cl)oc23)c1C. The van der Waals surface area contributed by atoms with Gasteiger partial charge < -0.3 is 19.0 Å². The molecule has 2 aromatic carbocycles. The van der Waals surface area contributed by atoms with Crippen molar-refractivity contribution in [2.75, 3.05) is 6.61 Å². The summed E-state index contributed by atoms with van der Waals surface area (Å²) in [5, 5.41) is 9.94. The Kier molecular flexibility index (Phi) is 7.40. The Bertz CT molecular complexity index is 1020. The molecule has 0 fully saturated rings. The Morgan fingerprint density at radius 1 is 1.13 bits per heavy atom. The van der Waals surface area contributed by atoms with Crippen LogP contribution in [-0.2, 0) is 29.0 Å². The van der Waals surface area contributed by atoms with Crippen molar-refractivity contribution in [2.24, 2.45) is 0 Å². The molecule has 0 saturated heterocycles. The van der Waals surface area contributed by atoms with Gasteiger partial charge in [0.25, 0.3) is 0 Å². The topological polar surface area (TPSA) is 68.9 Å². The van der Waals surface area contributed by atoms with Crippen molar-refractivity contribution in [3.8, 4) is 5.75 Å². The molecular weight excluding hydrogens is 404 g/mol. The molecule has 5 nitrogen and oxygen atoms in total. The Morgan fingerprint density at radius 2 is 1.93 bits per heavy atom. The lowest BCUT2D eigenvalue weighted by Crippen LogP contribution is -2.03. The first-order valence-corrected chi connectivity index (χ1v) is 10.5.